The van der Waals surface area contributed by atoms with E-state index in [1.807, 2.05) is 12.1 Å². The molecule has 2 aromatic carbocycles. The minimum atomic E-state index is -0.440. The zero-order chi connectivity index (χ0) is 21.3. The number of phenols is 1. The molecule has 2 aromatic rings. The van der Waals surface area contributed by atoms with Crippen molar-refractivity contribution < 1.29 is 14.7 Å². The first-order valence-corrected chi connectivity index (χ1v) is 10.4. The van der Waals surface area contributed by atoms with Crippen molar-refractivity contribution in [2.75, 3.05) is 42.5 Å². The molecular weight excluding hydrogens is 380 g/mol. The monoisotopic (exact) mass is 408 g/mol. The lowest BCUT2D eigenvalue weighted by atomic mass is 10.0. The van der Waals surface area contributed by atoms with Gasteiger partial charge in [-0.2, -0.15) is 0 Å². The van der Waals surface area contributed by atoms with Crippen molar-refractivity contribution >= 4 is 23.2 Å². The molecule has 0 spiro atoms. The molecular formula is C23H28N4O3. The van der Waals surface area contributed by atoms with Crippen LogP contribution in [0.15, 0.2) is 48.5 Å². The SMILES string of the molecule is CC(=O)C(C)N1C(=O)NCC1c1ccc(N2CCN(c3ccc(O)cc3)CC2)cc1. The summed E-state index contributed by atoms with van der Waals surface area (Å²) in [4.78, 5) is 30.4. The first kappa shape index (κ1) is 20.1. The summed E-state index contributed by atoms with van der Waals surface area (Å²) in [6.07, 6.45) is 0. The Morgan fingerprint density at radius 3 is 1.97 bits per heavy atom. The fourth-order valence-electron chi connectivity index (χ4n) is 4.23. The average Bonchev–Trinajstić information content (AvgIpc) is 3.15. The molecule has 0 saturated carbocycles. The zero-order valence-corrected chi connectivity index (χ0v) is 17.4. The van der Waals surface area contributed by atoms with E-state index in [2.05, 4.69) is 39.4 Å². The van der Waals surface area contributed by atoms with Crippen molar-refractivity contribution in [1.82, 2.24) is 10.2 Å². The first-order chi connectivity index (χ1) is 14.4. The largest absolute Gasteiger partial charge is 0.508 e. The van der Waals surface area contributed by atoms with Crippen LogP contribution in [-0.2, 0) is 4.79 Å². The van der Waals surface area contributed by atoms with E-state index in [1.54, 1.807) is 24.0 Å². The summed E-state index contributed by atoms with van der Waals surface area (Å²) in [5.41, 5.74) is 3.32. The Kier molecular flexibility index (Phi) is 5.53. The van der Waals surface area contributed by atoms with E-state index in [0.717, 1.165) is 43.1 Å². The maximum Gasteiger partial charge on any atom is 0.318 e. The number of hydrogen-bond donors (Lipinski definition) is 2. The maximum absolute atomic E-state index is 12.2. The van der Waals surface area contributed by atoms with Gasteiger partial charge in [-0.1, -0.05) is 12.1 Å². The second kappa shape index (κ2) is 8.26. The maximum atomic E-state index is 12.2. The second-order valence-electron chi connectivity index (χ2n) is 7.98. The number of anilines is 2. The molecule has 2 aliphatic rings. The summed E-state index contributed by atoms with van der Waals surface area (Å²) in [6, 6.07) is 14.9. The van der Waals surface area contributed by atoms with E-state index in [-0.39, 0.29) is 23.6 Å². The molecule has 7 heteroatoms. The van der Waals surface area contributed by atoms with E-state index in [0.29, 0.717) is 6.54 Å². The smallest absolute Gasteiger partial charge is 0.318 e. The summed E-state index contributed by atoms with van der Waals surface area (Å²) >= 11 is 0. The van der Waals surface area contributed by atoms with Crippen molar-refractivity contribution in [2.45, 2.75) is 25.9 Å². The van der Waals surface area contributed by atoms with Gasteiger partial charge in [-0.15, -0.1) is 0 Å². The van der Waals surface area contributed by atoms with E-state index in [4.69, 9.17) is 0 Å². The Morgan fingerprint density at radius 2 is 1.47 bits per heavy atom. The normalized spacial score (nSPS) is 20.3. The Bertz CT molecular complexity index is 905. The van der Waals surface area contributed by atoms with Crippen LogP contribution in [0.3, 0.4) is 0 Å². The number of benzene rings is 2. The molecule has 2 unspecified atom stereocenters. The van der Waals surface area contributed by atoms with E-state index in [1.165, 1.54) is 6.92 Å². The second-order valence-corrected chi connectivity index (χ2v) is 7.98. The van der Waals surface area contributed by atoms with E-state index < -0.39 is 6.04 Å². The van der Waals surface area contributed by atoms with Crippen molar-refractivity contribution in [2.24, 2.45) is 0 Å². The fraction of sp³-hybridized carbons (Fsp3) is 0.391. The van der Waals surface area contributed by atoms with Gasteiger partial charge in [-0.3, -0.25) is 4.79 Å². The van der Waals surface area contributed by atoms with Gasteiger partial charge in [0.2, 0.25) is 0 Å². The summed E-state index contributed by atoms with van der Waals surface area (Å²) in [6.45, 7) is 7.47. The third kappa shape index (κ3) is 3.92. The molecule has 0 bridgehead atoms. The minimum absolute atomic E-state index is 0.0137. The van der Waals surface area contributed by atoms with Crippen LogP contribution in [0, 0.1) is 0 Å². The molecule has 2 fully saturated rings. The van der Waals surface area contributed by atoms with Crippen LogP contribution in [0.5, 0.6) is 5.75 Å². The number of phenolic OH excluding ortho intramolecular Hbond substituents is 1. The molecule has 0 radical (unpaired) electrons. The molecule has 0 aromatic heterocycles. The van der Waals surface area contributed by atoms with Gasteiger partial charge < -0.3 is 25.1 Å². The number of nitrogens with one attached hydrogen (secondary N) is 1. The summed E-state index contributed by atoms with van der Waals surface area (Å²) in [7, 11) is 0. The van der Waals surface area contributed by atoms with Crippen LogP contribution < -0.4 is 15.1 Å². The molecule has 4 rings (SSSR count). The van der Waals surface area contributed by atoms with Gasteiger partial charge in [0, 0.05) is 44.1 Å². The summed E-state index contributed by atoms with van der Waals surface area (Å²) in [5, 5.41) is 12.3. The van der Waals surface area contributed by atoms with Gasteiger partial charge in [0.05, 0.1) is 12.1 Å². The Morgan fingerprint density at radius 1 is 0.967 bits per heavy atom. The molecule has 2 saturated heterocycles. The zero-order valence-electron chi connectivity index (χ0n) is 17.4. The van der Waals surface area contributed by atoms with Crippen LogP contribution >= 0.6 is 0 Å². The van der Waals surface area contributed by atoms with Crippen molar-refractivity contribution in [3.05, 3.63) is 54.1 Å². The predicted octanol–water partition coefficient (Wildman–Crippen LogP) is 2.76. The number of carbonyl (C=O) groups excluding carboxylic acids is 2. The van der Waals surface area contributed by atoms with Crippen LogP contribution in [0.2, 0.25) is 0 Å². The van der Waals surface area contributed by atoms with Crippen LogP contribution in [0.25, 0.3) is 0 Å². The van der Waals surface area contributed by atoms with Gasteiger partial charge >= 0.3 is 6.03 Å². The van der Waals surface area contributed by atoms with Crippen molar-refractivity contribution in [1.29, 1.82) is 0 Å². The lowest BCUT2D eigenvalue weighted by Crippen LogP contribution is -2.46. The van der Waals surface area contributed by atoms with Crippen molar-refractivity contribution in [3.8, 4) is 5.75 Å². The molecule has 2 amide bonds. The predicted molar refractivity (Wildman–Crippen MR) is 117 cm³/mol. The molecule has 0 aliphatic carbocycles. The molecule has 2 N–H and O–H groups in total. The Balaban J connectivity index is 1.41. The number of carbonyl (C=O) groups is 2. The van der Waals surface area contributed by atoms with Gasteiger partial charge in [0.25, 0.3) is 0 Å². The molecule has 30 heavy (non-hydrogen) atoms. The first-order valence-electron chi connectivity index (χ1n) is 10.4. The summed E-state index contributed by atoms with van der Waals surface area (Å²) < 4.78 is 0. The highest BCUT2D eigenvalue weighted by atomic mass is 16.3. The van der Waals surface area contributed by atoms with Crippen LogP contribution in [0.1, 0.15) is 25.5 Å². The number of ketones is 1. The quantitative estimate of drug-likeness (QED) is 0.796. The number of piperazine rings is 1. The van der Waals surface area contributed by atoms with Gasteiger partial charge in [-0.25, -0.2) is 4.79 Å². The highest BCUT2D eigenvalue weighted by molar-refractivity contribution is 5.88. The minimum Gasteiger partial charge on any atom is -0.508 e. The fourth-order valence-corrected chi connectivity index (χ4v) is 4.23. The Hall–Kier alpha value is -3.22. The number of nitrogens with zero attached hydrogens (tertiary/aromatic N) is 3. The van der Waals surface area contributed by atoms with Crippen LogP contribution in [-0.4, -0.2) is 60.6 Å². The number of Topliss-reactive ketones (excluding diaryl/α,β-unsaturated/α-hetero) is 1. The highest BCUT2D eigenvalue weighted by Crippen LogP contribution is 2.29. The number of urea groups is 1. The highest BCUT2D eigenvalue weighted by Gasteiger charge is 2.36. The lowest BCUT2D eigenvalue weighted by molar-refractivity contribution is -0.121. The molecule has 158 valence electrons. The van der Waals surface area contributed by atoms with Gasteiger partial charge in [-0.05, 0) is 55.8 Å². The van der Waals surface area contributed by atoms with Gasteiger partial charge in [0.1, 0.15) is 5.75 Å². The third-order valence-corrected chi connectivity index (χ3v) is 6.16. The standard InChI is InChI=1S/C23H28N4O3/c1-16(17(2)28)27-22(15-24-23(27)30)18-3-5-19(6-4-18)25-11-13-26(14-12-25)20-7-9-21(29)10-8-20/h3-10,16,22,29H,11-15H2,1-2H3,(H,24,30). The molecule has 7 nitrogen and oxygen atoms in total. The number of amides is 2. The number of hydrogen-bond acceptors (Lipinski definition) is 5. The molecule has 2 aliphatic heterocycles. The summed E-state index contributed by atoms with van der Waals surface area (Å²) in [5.74, 6) is 0.271. The van der Waals surface area contributed by atoms with E-state index in [9.17, 15) is 14.7 Å². The topological polar surface area (TPSA) is 76.1 Å². The number of aromatic hydroxyl groups is 1. The van der Waals surface area contributed by atoms with E-state index >= 15 is 0 Å². The average molecular weight is 409 g/mol. The van der Waals surface area contributed by atoms with Crippen molar-refractivity contribution in [3.63, 3.8) is 0 Å². The molecule has 2 heterocycles. The third-order valence-electron chi connectivity index (χ3n) is 6.16. The Labute approximate surface area is 176 Å². The lowest BCUT2D eigenvalue weighted by Gasteiger charge is -2.37. The van der Waals surface area contributed by atoms with Crippen LogP contribution in [0.4, 0.5) is 16.2 Å². The van der Waals surface area contributed by atoms with Gasteiger partial charge in [0.15, 0.2) is 5.78 Å². The number of rotatable bonds is 5. The molecule has 2 atom stereocenters.